The number of methoxy groups -OCH3 is 1. The molecule has 1 aromatic heterocycles. The van der Waals surface area contributed by atoms with Crippen LogP contribution < -0.4 is 14.8 Å². The third-order valence-corrected chi connectivity index (χ3v) is 7.34. The van der Waals surface area contributed by atoms with Crippen molar-refractivity contribution in [1.29, 1.82) is 0 Å². The number of anilines is 1. The normalized spacial score (nSPS) is 16.2. The molecule has 1 aliphatic rings. The highest BCUT2D eigenvalue weighted by Gasteiger charge is 2.26. The first-order valence-electron chi connectivity index (χ1n) is 8.69. The zero-order valence-corrected chi connectivity index (χ0v) is 16.7. The fourth-order valence-electron chi connectivity index (χ4n) is 3.04. The minimum absolute atomic E-state index is 0.106. The highest BCUT2D eigenvalue weighted by atomic mass is 32.2. The molecular formula is C18H23N3O4S2. The van der Waals surface area contributed by atoms with E-state index >= 15 is 0 Å². The topological polar surface area (TPSA) is 87.7 Å². The fourth-order valence-corrected chi connectivity index (χ4v) is 5.36. The Balaban J connectivity index is 1.47. The molecule has 27 heavy (non-hydrogen) atoms. The van der Waals surface area contributed by atoms with E-state index in [1.807, 2.05) is 17.0 Å². The van der Waals surface area contributed by atoms with Gasteiger partial charge in [-0.25, -0.2) is 13.1 Å². The van der Waals surface area contributed by atoms with Gasteiger partial charge in [0.05, 0.1) is 19.3 Å². The van der Waals surface area contributed by atoms with Crippen molar-refractivity contribution in [3.8, 4) is 5.75 Å². The van der Waals surface area contributed by atoms with Gasteiger partial charge in [-0.3, -0.25) is 9.69 Å². The molecule has 2 N–H and O–H groups in total. The van der Waals surface area contributed by atoms with Gasteiger partial charge < -0.3 is 10.1 Å². The quantitative estimate of drug-likeness (QED) is 0.732. The molecule has 1 aliphatic heterocycles. The molecule has 0 bridgehead atoms. The van der Waals surface area contributed by atoms with E-state index < -0.39 is 10.0 Å². The average molecular weight is 410 g/mol. The molecule has 0 aliphatic carbocycles. The molecule has 0 spiro atoms. The average Bonchev–Trinajstić information content (AvgIpc) is 3.19. The molecular weight excluding hydrogens is 386 g/mol. The van der Waals surface area contributed by atoms with Gasteiger partial charge in [0.2, 0.25) is 15.9 Å². The van der Waals surface area contributed by atoms with Gasteiger partial charge in [-0.1, -0.05) is 18.2 Å². The second-order valence-corrected chi connectivity index (χ2v) is 9.24. The predicted octanol–water partition coefficient (Wildman–Crippen LogP) is 2.14. The number of hydrogen-bond donors (Lipinski definition) is 2. The fraction of sp³-hybridized carbons (Fsp3) is 0.389. The molecule has 1 aromatic carbocycles. The minimum Gasteiger partial charge on any atom is -0.495 e. The Kier molecular flexibility index (Phi) is 6.48. The Labute approximate surface area is 163 Å². The van der Waals surface area contributed by atoms with Crippen molar-refractivity contribution in [2.45, 2.75) is 23.1 Å². The molecule has 2 aromatic rings. The number of nitrogens with one attached hydrogen (secondary N) is 2. The first-order chi connectivity index (χ1) is 13.0. The Hall–Kier alpha value is -1.94. The summed E-state index contributed by atoms with van der Waals surface area (Å²) in [5.74, 6) is 0.504. The van der Waals surface area contributed by atoms with Crippen molar-refractivity contribution in [3.05, 3.63) is 41.8 Å². The Bertz CT molecular complexity index is 860. The molecule has 2 heterocycles. The van der Waals surface area contributed by atoms with Crippen molar-refractivity contribution < 1.29 is 17.9 Å². The Morgan fingerprint density at radius 3 is 2.63 bits per heavy atom. The van der Waals surface area contributed by atoms with Crippen LogP contribution in [0.15, 0.2) is 46.0 Å². The first kappa shape index (κ1) is 19.8. The summed E-state index contributed by atoms with van der Waals surface area (Å²) < 4.78 is 32.9. The van der Waals surface area contributed by atoms with Crippen LogP contribution in [-0.4, -0.2) is 52.0 Å². The smallest absolute Gasteiger partial charge is 0.250 e. The molecule has 0 unspecified atom stereocenters. The molecule has 0 atom stereocenters. The molecule has 146 valence electrons. The maximum absolute atomic E-state index is 12.3. The highest BCUT2D eigenvalue weighted by Crippen LogP contribution is 2.23. The summed E-state index contributed by atoms with van der Waals surface area (Å²) in [7, 11) is -1.89. The van der Waals surface area contributed by atoms with Gasteiger partial charge in [0.1, 0.15) is 9.96 Å². The van der Waals surface area contributed by atoms with Crippen molar-refractivity contribution in [3.63, 3.8) is 0 Å². The largest absolute Gasteiger partial charge is 0.495 e. The van der Waals surface area contributed by atoms with E-state index in [0.29, 0.717) is 41.6 Å². The molecule has 1 fully saturated rings. The maximum Gasteiger partial charge on any atom is 0.250 e. The number of piperidine rings is 1. The number of amides is 1. The van der Waals surface area contributed by atoms with Crippen molar-refractivity contribution in [2.75, 3.05) is 32.1 Å². The third-order valence-electron chi connectivity index (χ3n) is 4.42. The van der Waals surface area contributed by atoms with Crippen LogP contribution >= 0.6 is 11.3 Å². The van der Waals surface area contributed by atoms with Crippen LogP contribution in [0.1, 0.15) is 12.8 Å². The van der Waals surface area contributed by atoms with Gasteiger partial charge in [-0.05, 0) is 36.4 Å². The summed E-state index contributed by atoms with van der Waals surface area (Å²) in [6.45, 7) is 1.59. The minimum atomic E-state index is -3.45. The molecule has 7 nitrogen and oxygen atoms in total. The number of carbonyl (C=O) groups is 1. The number of sulfonamides is 1. The van der Waals surface area contributed by atoms with E-state index in [9.17, 15) is 13.2 Å². The van der Waals surface area contributed by atoms with Crippen LogP contribution in [0.5, 0.6) is 5.75 Å². The van der Waals surface area contributed by atoms with Crippen LogP contribution in [0.25, 0.3) is 0 Å². The maximum atomic E-state index is 12.3. The number of carbonyl (C=O) groups excluding carboxylic acids is 1. The lowest BCUT2D eigenvalue weighted by Gasteiger charge is -2.31. The van der Waals surface area contributed by atoms with Gasteiger partial charge in [-0.15, -0.1) is 11.3 Å². The SMILES string of the molecule is COc1ccccc1NC(=O)CN1CCC(NS(=O)(=O)c2cccs2)CC1. The van der Waals surface area contributed by atoms with E-state index in [-0.39, 0.29) is 18.5 Å². The summed E-state index contributed by atoms with van der Waals surface area (Å²) in [5, 5.41) is 4.61. The number of benzene rings is 1. The molecule has 0 radical (unpaired) electrons. The first-order valence-corrected chi connectivity index (χ1v) is 11.1. The lowest BCUT2D eigenvalue weighted by molar-refractivity contribution is -0.117. The zero-order valence-electron chi connectivity index (χ0n) is 15.1. The van der Waals surface area contributed by atoms with E-state index in [0.717, 1.165) is 0 Å². The number of hydrogen-bond acceptors (Lipinski definition) is 6. The van der Waals surface area contributed by atoms with Gasteiger partial charge in [0, 0.05) is 19.1 Å². The Morgan fingerprint density at radius 2 is 1.96 bits per heavy atom. The molecule has 1 amide bonds. The van der Waals surface area contributed by atoms with Gasteiger partial charge >= 0.3 is 0 Å². The second kappa shape index (κ2) is 8.83. The standard InChI is InChI=1S/C18H23N3O4S2/c1-25-16-6-3-2-5-15(16)19-17(22)13-21-10-8-14(9-11-21)20-27(23,24)18-7-4-12-26-18/h2-7,12,14,20H,8-11,13H2,1H3,(H,19,22). The van der Waals surface area contributed by atoms with Gasteiger partial charge in [0.25, 0.3) is 0 Å². The van der Waals surface area contributed by atoms with Crippen LogP contribution in [0.2, 0.25) is 0 Å². The van der Waals surface area contributed by atoms with Gasteiger partial charge in [-0.2, -0.15) is 0 Å². The predicted molar refractivity (Wildman–Crippen MR) is 106 cm³/mol. The van der Waals surface area contributed by atoms with E-state index in [2.05, 4.69) is 10.0 Å². The van der Waals surface area contributed by atoms with E-state index in [1.165, 1.54) is 11.3 Å². The number of para-hydroxylation sites is 2. The Morgan fingerprint density at radius 1 is 1.22 bits per heavy atom. The van der Waals surface area contributed by atoms with Crippen molar-refractivity contribution in [2.24, 2.45) is 0 Å². The lowest BCUT2D eigenvalue weighted by atomic mass is 10.1. The molecule has 1 saturated heterocycles. The summed E-state index contributed by atoms with van der Waals surface area (Å²) >= 11 is 1.21. The molecule has 3 rings (SSSR count). The molecule has 9 heteroatoms. The zero-order chi connectivity index (χ0) is 19.3. The summed E-state index contributed by atoms with van der Waals surface area (Å²) in [6.07, 6.45) is 1.35. The number of rotatable bonds is 7. The number of ether oxygens (including phenoxy) is 1. The number of thiophene rings is 1. The number of likely N-dealkylation sites (tertiary alicyclic amines) is 1. The van der Waals surface area contributed by atoms with E-state index in [1.54, 1.807) is 36.8 Å². The van der Waals surface area contributed by atoms with Gasteiger partial charge in [0.15, 0.2) is 0 Å². The number of nitrogens with zero attached hydrogens (tertiary/aromatic N) is 1. The molecule has 0 saturated carbocycles. The van der Waals surface area contributed by atoms with Crippen LogP contribution in [0, 0.1) is 0 Å². The highest BCUT2D eigenvalue weighted by molar-refractivity contribution is 7.91. The van der Waals surface area contributed by atoms with Crippen LogP contribution in [0.3, 0.4) is 0 Å². The van der Waals surface area contributed by atoms with E-state index in [4.69, 9.17) is 4.74 Å². The van der Waals surface area contributed by atoms with Crippen LogP contribution in [-0.2, 0) is 14.8 Å². The van der Waals surface area contributed by atoms with Crippen molar-refractivity contribution in [1.82, 2.24) is 9.62 Å². The second-order valence-electron chi connectivity index (χ2n) is 6.35. The summed E-state index contributed by atoms with van der Waals surface area (Å²) in [5.41, 5.74) is 0.642. The monoisotopic (exact) mass is 409 g/mol. The summed E-state index contributed by atoms with van der Waals surface area (Å²) in [6, 6.07) is 10.5. The van der Waals surface area contributed by atoms with Crippen molar-refractivity contribution >= 4 is 33.0 Å². The van der Waals surface area contributed by atoms with Crippen LogP contribution in [0.4, 0.5) is 5.69 Å². The lowest BCUT2D eigenvalue weighted by Crippen LogP contribution is -2.46. The third kappa shape index (κ3) is 5.29. The summed E-state index contributed by atoms with van der Waals surface area (Å²) in [4.78, 5) is 14.3.